The van der Waals surface area contributed by atoms with Crippen molar-refractivity contribution in [1.82, 2.24) is 10.2 Å². The molecule has 1 unspecified atom stereocenters. The number of carbonyl (C=O) groups is 2. The minimum atomic E-state index is -0.885. The number of carbonyl (C=O) groups excluding carboxylic acids is 1. The standard InChI is InChI=1S/C16H24N2O4/c1-12(19)11-18(2)16(22)17-14(8-9-15(20)21)10-13-6-4-3-5-7-13/h3-7,12,14,19H,8-11H2,1-2H3,(H,17,22)(H,20,21)/t12-,14?/m0/s1. The van der Waals surface area contributed by atoms with E-state index in [-0.39, 0.29) is 25.0 Å². The van der Waals surface area contributed by atoms with E-state index in [1.165, 1.54) is 4.90 Å². The Morgan fingerprint density at radius 2 is 1.91 bits per heavy atom. The third-order valence-electron chi connectivity index (χ3n) is 3.24. The van der Waals surface area contributed by atoms with Crippen molar-refractivity contribution in [2.45, 2.75) is 38.3 Å². The first-order valence-corrected chi connectivity index (χ1v) is 7.34. The first kappa shape index (κ1) is 18.0. The molecule has 6 heteroatoms. The molecule has 1 aromatic rings. The maximum Gasteiger partial charge on any atom is 0.317 e. The maximum atomic E-state index is 12.1. The molecular weight excluding hydrogens is 284 g/mol. The lowest BCUT2D eigenvalue weighted by molar-refractivity contribution is -0.137. The number of carboxylic acid groups (broad SMARTS) is 1. The Morgan fingerprint density at radius 3 is 2.45 bits per heavy atom. The SMILES string of the molecule is C[C@H](O)CN(C)C(=O)NC(CCC(=O)O)Cc1ccccc1. The predicted molar refractivity (Wildman–Crippen MR) is 83.6 cm³/mol. The fourth-order valence-electron chi connectivity index (χ4n) is 2.19. The molecule has 2 atom stereocenters. The van der Waals surface area contributed by atoms with E-state index in [4.69, 9.17) is 5.11 Å². The third-order valence-corrected chi connectivity index (χ3v) is 3.24. The highest BCUT2D eigenvalue weighted by Crippen LogP contribution is 2.08. The predicted octanol–water partition coefficient (Wildman–Crippen LogP) is 1.48. The summed E-state index contributed by atoms with van der Waals surface area (Å²) in [5.41, 5.74) is 1.04. The normalized spacial score (nSPS) is 13.2. The van der Waals surface area contributed by atoms with Gasteiger partial charge in [0.2, 0.25) is 0 Å². The molecule has 1 aromatic carbocycles. The highest BCUT2D eigenvalue weighted by molar-refractivity contribution is 5.74. The largest absolute Gasteiger partial charge is 0.481 e. The number of carboxylic acids is 1. The van der Waals surface area contributed by atoms with Crippen molar-refractivity contribution in [2.75, 3.05) is 13.6 Å². The van der Waals surface area contributed by atoms with E-state index in [9.17, 15) is 14.7 Å². The second-order valence-corrected chi connectivity index (χ2v) is 5.50. The number of nitrogens with zero attached hydrogens (tertiary/aromatic N) is 1. The molecule has 0 radical (unpaired) electrons. The van der Waals surface area contributed by atoms with Crippen molar-refractivity contribution >= 4 is 12.0 Å². The Balaban J connectivity index is 2.64. The van der Waals surface area contributed by atoms with Crippen LogP contribution in [0.4, 0.5) is 4.79 Å². The van der Waals surface area contributed by atoms with E-state index in [2.05, 4.69) is 5.32 Å². The second-order valence-electron chi connectivity index (χ2n) is 5.50. The van der Waals surface area contributed by atoms with Gasteiger partial charge in [-0.2, -0.15) is 0 Å². The first-order valence-electron chi connectivity index (χ1n) is 7.34. The number of amides is 2. The molecule has 0 saturated carbocycles. The Bertz CT molecular complexity index is 476. The molecule has 0 aliphatic heterocycles. The van der Waals surface area contributed by atoms with Crippen molar-refractivity contribution < 1.29 is 19.8 Å². The number of aliphatic hydroxyl groups excluding tert-OH is 1. The molecule has 0 heterocycles. The van der Waals surface area contributed by atoms with Crippen LogP contribution >= 0.6 is 0 Å². The fourth-order valence-corrected chi connectivity index (χ4v) is 2.19. The summed E-state index contributed by atoms with van der Waals surface area (Å²) in [6, 6.07) is 9.04. The molecule has 0 bridgehead atoms. The zero-order valence-corrected chi connectivity index (χ0v) is 13.0. The van der Waals surface area contributed by atoms with E-state index >= 15 is 0 Å². The van der Waals surface area contributed by atoms with E-state index in [0.717, 1.165) is 5.56 Å². The lowest BCUT2D eigenvalue weighted by Crippen LogP contribution is -2.46. The molecule has 22 heavy (non-hydrogen) atoms. The van der Waals surface area contributed by atoms with Crippen molar-refractivity contribution in [2.24, 2.45) is 0 Å². The van der Waals surface area contributed by atoms with Crippen LogP contribution in [-0.4, -0.2) is 52.9 Å². The zero-order valence-electron chi connectivity index (χ0n) is 13.0. The number of hydrogen-bond acceptors (Lipinski definition) is 3. The Hall–Kier alpha value is -2.08. The third kappa shape index (κ3) is 7.08. The number of nitrogens with one attached hydrogen (secondary N) is 1. The van der Waals surface area contributed by atoms with Crippen LogP contribution in [0.2, 0.25) is 0 Å². The number of hydrogen-bond donors (Lipinski definition) is 3. The Labute approximate surface area is 130 Å². The summed E-state index contributed by atoms with van der Waals surface area (Å²) < 4.78 is 0. The number of likely N-dealkylation sites (N-methyl/N-ethyl adjacent to an activating group) is 1. The summed E-state index contributed by atoms with van der Waals surface area (Å²) in [6.45, 7) is 1.83. The van der Waals surface area contributed by atoms with Gasteiger partial charge in [-0.15, -0.1) is 0 Å². The van der Waals surface area contributed by atoms with E-state index < -0.39 is 12.1 Å². The average Bonchev–Trinajstić information content (AvgIpc) is 2.45. The maximum absolute atomic E-state index is 12.1. The molecule has 0 aromatic heterocycles. The highest BCUT2D eigenvalue weighted by atomic mass is 16.4. The fraction of sp³-hybridized carbons (Fsp3) is 0.500. The second kappa shape index (κ2) is 9.04. The van der Waals surface area contributed by atoms with Crippen LogP contribution in [0.15, 0.2) is 30.3 Å². The van der Waals surface area contributed by atoms with Gasteiger partial charge in [-0.3, -0.25) is 4.79 Å². The van der Waals surface area contributed by atoms with Gasteiger partial charge in [0, 0.05) is 26.1 Å². The first-order chi connectivity index (χ1) is 10.4. The molecule has 6 nitrogen and oxygen atoms in total. The zero-order chi connectivity index (χ0) is 16.5. The van der Waals surface area contributed by atoms with E-state index in [0.29, 0.717) is 12.8 Å². The Morgan fingerprint density at radius 1 is 1.27 bits per heavy atom. The molecule has 0 saturated heterocycles. The topological polar surface area (TPSA) is 89.9 Å². The summed E-state index contributed by atoms with van der Waals surface area (Å²) >= 11 is 0. The van der Waals surface area contributed by atoms with Crippen LogP contribution < -0.4 is 5.32 Å². The number of aliphatic hydroxyl groups is 1. The van der Waals surface area contributed by atoms with Gasteiger partial charge in [0.1, 0.15) is 0 Å². The average molecular weight is 308 g/mol. The molecule has 3 N–H and O–H groups in total. The van der Waals surface area contributed by atoms with Gasteiger partial charge in [0.15, 0.2) is 0 Å². The van der Waals surface area contributed by atoms with Gasteiger partial charge in [-0.1, -0.05) is 30.3 Å². The van der Waals surface area contributed by atoms with Crippen LogP contribution in [0, 0.1) is 0 Å². The number of aliphatic carboxylic acids is 1. The summed E-state index contributed by atoms with van der Waals surface area (Å²) in [5.74, 6) is -0.885. The smallest absolute Gasteiger partial charge is 0.317 e. The van der Waals surface area contributed by atoms with Crippen molar-refractivity contribution in [3.63, 3.8) is 0 Å². The minimum absolute atomic E-state index is 0.00209. The van der Waals surface area contributed by atoms with Crippen LogP contribution in [0.1, 0.15) is 25.3 Å². The van der Waals surface area contributed by atoms with E-state index in [1.807, 2.05) is 30.3 Å². The van der Waals surface area contributed by atoms with Crippen LogP contribution in [-0.2, 0) is 11.2 Å². The van der Waals surface area contributed by atoms with Gasteiger partial charge in [-0.25, -0.2) is 4.79 Å². The number of urea groups is 1. The van der Waals surface area contributed by atoms with Gasteiger partial charge < -0.3 is 20.4 Å². The van der Waals surface area contributed by atoms with Crippen LogP contribution in [0.5, 0.6) is 0 Å². The quantitative estimate of drug-likeness (QED) is 0.678. The Kier molecular flexibility index (Phi) is 7.39. The van der Waals surface area contributed by atoms with Gasteiger partial charge in [-0.05, 0) is 25.3 Å². The van der Waals surface area contributed by atoms with Gasteiger partial charge in [0.05, 0.1) is 6.10 Å². The molecule has 0 fully saturated rings. The molecule has 2 amide bonds. The number of rotatable bonds is 8. The van der Waals surface area contributed by atoms with Crippen molar-refractivity contribution in [1.29, 1.82) is 0 Å². The van der Waals surface area contributed by atoms with Crippen molar-refractivity contribution in [3.8, 4) is 0 Å². The number of benzene rings is 1. The summed E-state index contributed by atoms with van der Waals surface area (Å²) in [7, 11) is 1.60. The highest BCUT2D eigenvalue weighted by Gasteiger charge is 2.18. The molecule has 0 aliphatic rings. The summed E-state index contributed by atoms with van der Waals surface area (Å²) in [6.07, 6.45) is 0.320. The van der Waals surface area contributed by atoms with Crippen LogP contribution in [0.25, 0.3) is 0 Å². The monoisotopic (exact) mass is 308 g/mol. The van der Waals surface area contributed by atoms with E-state index in [1.54, 1.807) is 14.0 Å². The lowest BCUT2D eigenvalue weighted by atomic mass is 10.0. The van der Waals surface area contributed by atoms with Crippen LogP contribution in [0.3, 0.4) is 0 Å². The van der Waals surface area contributed by atoms with Crippen molar-refractivity contribution in [3.05, 3.63) is 35.9 Å². The minimum Gasteiger partial charge on any atom is -0.481 e. The van der Waals surface area contributed by atoms with Gasteiger partial charge in [0.25, 0.3) is 0 Å². The molecule has 1 rings (SSSR count). The lowest BCUT2D eigenvalue weighted by Gasteiger charge is -2.24. The molecule has 122 valence electrons. The van der Waals surface area contributed by atoms with Gasteiger partial charge >= 0.3 is 12.0 Å². The summed E-state index contributed by atoms with van der Waals surface area (Å²) in [4.78, 5) is 24.2. The molecular formula is C16H24N2O4. The molecule has 0 aliphatic carbocycles. The summed E-state index contributed by atoms with van der Waals surface area (Å²) in [5, 5.41) is 21.0. The molecule has 0 spiro atoms.